The average molecular weight is 437 g/mol. The van der Waals surface area contributed by atoms with Gasteiger partial charge in [-0.3, -0.25) is 4.79 Å². The third-order valence-corrected chi connectivity index (χ3v) is 4.29. The zero-order valence-corrected chi connectivity index (χ0v) is 19.0. The SMILES string of the molecule is CC(C)(CCOC(C)(C)CCCNC(=O)CBr)CNC(=O)OC(C)(C)C. The van der Waals surface area contributed by atoms with Gasteiger partial charge in [0.25, 0.3) is 0 Å². The summed E-state index contributed by atoms with van der Waals surface area (Å²) in [6, 6.07) is 0. The molecule has 0 aromatic rings. The Bertz CT molecular complexity index is 445. The van der Waals surface area contributed by atoms with Crippen LogP contribution >= 0.6 is 15.9 Å². The minimum absolute atomic E-state index is 0.00274. The lowest BCUT2D eigenvalue weighted by Crippen LogP contribution is -2.39. The molecular weight excluding hydrogens is 400 g/mol. The Balaban J connectivity index is 4.06. The highest BCUT2D eigenvalue weighted by molar-refractivity contribution is 9.09. The van der Waals surface area contributed by atoms with Crippen molar-refractivity contribution in [2.24, 2.45) is 5.41 Å². The average Bonchev–Trinajstić information content (AvgIpc) is 2.47. The summed E-state index contributed by atoms with van der Waals surface area (Å²) in [6.07, 6.45) is 2.17. The summed E-state index contributed by atoms with van der Waals surface area (Å²) in [5.74, 6) is 0.00274. The number of hydrogen-bond acceptors (Lipinski definition) is 4. The van der Waals surface area contributed by atoms with Gasteiger partial charge in [0.1, 0.15) is 5.60 Å². The molecule has 7 heteroatoms. The monoisotopic (exact) mass is 436 g/mol. The van der Waals surface area contributed by atoms with E-state index >= 15 is 0 Å². The van der Waals surface area contributed by atoms with Gasteiger partial charge >= 0.3 is 6.09 Å². The first-order valence-corrected chi connectivity index (χ1v) is 10.3. The van der Waals surface area contributed by atoms with E-state index < -0.39 is 11.7 Å². The maximum absolute atomic E-state index is 11.8. The summed E-state index contributed by atoms with van der Waals surface area (Å²) in [5, 5.41) is 5.99. The van der Waals surface area contributed by atoms with Gasteiger partial charge in [0, 0.05) is 19.7 Å². The Hall–Kier alpha value is -0.820. The van der Waals surface area contributed by atoms with Gasteiger partial charge in [-0.15, -0.1) is 0 Å². The van der Waals surface area contributed by atoms with Crippen LogP contribution in [0.2, 0.25) is 0 Å². The lowest BCUT2D eigenvalue weighted by atomic mass is 9.89. The first kappa shape index (κ1) is 25.2. The van der Waals surface area contributed by atoms with Crippen LogP contribution in [0.1, 0.15) is 67.7 Å². The van der Waals surface area contributed by atoms with Crippen LogP contribution in [0.3, 0.4) is 0 Å². The van der Waals surface area contributed by atoms with Crippen LogP contribution in [0.4, 0.5) is 4.79 Å². The van der Waals surface area contributed by atoms with Crippen LogP contribution in [0.5, 0.6) is 0 Å². The van der Waals surface area contributed by atoms with Gasteiger partial charge in [-0.05, 0) is 59.3 Å². The molecule has 2 amide bonds. The summed E-state index contributed by atoms with van der Waals surface area (Å²) in [7, 11) is 0. The van der Waals surface area contributed by atoms with Crippen molar-refractivity contribution in [3.05, 3.63) is 0 Å². The highest BCUT2D eigenvalue weighted by Gasteiger charge is 2.24. The topological polar surface area (TPSA) is 76.7 Å². The number of rotatable bonds is 11. The Morgan fingerprint density at radius 2 is 1.58 bits per heavy atom. The van der Waals surface area contributed by atoms with Crippen LogP contribution < -0.4 is 10.6 Å². The molecule has 0 aromatic carbocycles. The van der Waals surface area contributed by atoms with Crippen LogP contribution in [0, 0.1) is 5.41 Å². The molecule has 0 radical (unpaired) electrons. The first-order valence-electron chi connectivity index (χ1n) is 9.20. The van der Waals surface area contributed by atoms with E-state index in [1.807, 2.05) is 20.8 Å². The smallest absolute Gasteiger partial charge is 0.407 e. The van der Waals surface area contributed by atoms with Gasteiger partial charge in [0.05, 0.1) is 10.9 Å². The number of alkyl halides is 1. The molecule has 0 atom stereocenters. The van der Waals surface area contributed by atoms with Gasteiger partial charge in [-0.1, -0.05) is 29.8 Å². The lowest BCUT2D eigenvalue weighted by Gasteiger charge is -2.30. The summed E-state index contributed by atoms with van der Waals surface area (Å²) in [6.45, 7) is 15.6. The molecule has 154 valence electrons. The molecular formula is C19H37BrN2O4. The number of hydrogen-bond donors (Lipinski definition) is 2. The van der Waals surface area contributed by atoms with E-state index in [9.17, 15) is 9.59 Å². The van der Waals surface area contributed by atoms with Gasteiger partial charge in [-0.2, -0.15) is 0 Å². The van der Waals surface area contributed by atoms with Gasteiger partial charge < -0.3 is 20.1 Å². The van der Waals surface area contributed by atoms with E-state index in [1.165, 1.54) is 0 Å². The quantitative estimate of drug-likeness (QED) is 0.378. The van der Waals surface area contributed by atoms with E-state index in [0.717, 1.165) is 19.3 Å². The number of ether oxygens (including phenoxy) is 2. The summed E-state index contributed by atoms with van der Waals surface area (Å²) >= 11 is 3.12. The number of carbonyl (C=O) groups excluding carboxylic acids is 2. The predicted molar refractivity (Wildman–Crippen MR) is 109 cm³/mol. The van der Waals surface area contributed by atoms with Gasteiger partial charge in [-0.25, -0.2) is 4.79 Å². The Kier molecular flexibility index (Phi) is 10.8. The molecule has 0 aliphatic heterocycles. The number of halogens is 1. The lowest BCUT2D eigenvalue weighted by molar-refractivity contribution is -0.118. The Labute approximate surface area is 167 Å². The Morgan fingerprint density at radius 3 is 2.12 bits per heavy atom. The molecule has 0 heterocycles. The van der Waals surface area contributed by atoms with E-state index in [-0.39, 0.29) is 16.9 Å². The molecule has 6 nitrogen and oxygen atoms in total. The van der Waals surface area contributed by atoms with Crippen molar-refractivity contribution in [1.82, 2.24) is 10.6 Å². The molecule has 0 fully saturated rings. The first-order chi connectivity index (χ1) is 11.8. The van der Waals surface area contributed by atoms with E-state index in [0.29, 0.717) is 25.0 Å². The molecule has 0 bridgehead atoms. The van der Waals surface area contributed by atoms with E-state index in [4.69, 9.17) is 9.47 Å². The number of alkyl carbamates (subject to hydrolysis) is 1. The van der Waals surface area contributed by atoms with Gasteiger partial charge in [0.2, 0.25) is 5.91 Å². The summed E-state index contributed by atoms with van der Waals surface area (Å²) in [4.78, 5) is 22.9. The van der Waals surface area contributed by atoms with Crippen molar-refractivity contribution in [3.63, 3.8) is 0 Å². The maximum Gasteiger partial charge on any atom is 0.407 e. The molecule has 0 rings (SSSR count). The third kappa shape index (κ3) is 14.4. The molecule has 0 aliphatic carbocycles. The normalized spacial score (nSPS) is 12.6. The second kappa shape index (κ2) is 11.1. The molecule has 2 N–H and O–H groups in total. The fraction of sp³-hybridized carbons (Fsp3) is 0.895. The number of carbonyl (C=O) groups is 2. The fourth-order valence-electron chi connectivity index (χ4n) is 2.18. The summed E-state index contributed by atoms with van der Waals surface area (Å²) in [5.41, 5.74) is -0.819. The second-order valence-corrected chi connectivity index (χ2v) is 9.53. The molecule has 0 spiro atoms. The largest absolute Gasteiger partial charge is 0.444 e. The van der Waals surface area contributed by atoms with Crippen LogP contribution in [0.15, 0.2) is 0 Å². The van der Waals surface area contributed by atoms with E-state index in [1.54, 1.807) is 0 Å². The zero-order chi connectivity index (χ0) is 20.4. The molecule has 0 saturated carbocycles. The van der Waals surface area contributed by atoms with Crippen LogP contribution in [-0.4, -0.2) is 48.2 Å². The third-order valence-electron chi connectivity index (χ3n) is 3.78. The van der Waals surface area contributed by atoms with Crippen molar-refractivity contribution in [2.75, 3.05) is 25.0 Å². The second-order valence-electron chi connectivity index (χ2n) is 8.96. The van der Waals surface area contributed by atoms with E-state index in [2.05, 4.69) is 54.3 Å². The number of nitrogens with one attached hydrogen (secondary N) is 2. The highest BCUT2D eigenvalue weighted by Crippen LogP contribution is 2.23. The van der Waals surface area contributed by atoms with Crippen LogP contribution in [0.25, 0.3) is 0 Å². The minimum Gasteiger partial charge on any atom is -0.444 e. The zero-order valence-electron chi connectivity index (χ0n) is 17.5. The van der Waals surface area contributed by atoms with Crippen molar-refractivity contribution in [1.29, 1.82) is 0 Å². The van der Waals surface area contributed by atoms with Crippen molar-refractivity contribution >= 4 is 27.9 Å². The molecule has 0 aliphatic rings. The molecule has 26 heavy (non-hydrogen) atoms. The molecule has 0 saturated heterocycles. The minimum atomic E-state index is -0.491. The fourth-order valence-corrected chi connectivity index (χ4v) is 2.38. The van der Waals surface area contributed by atoms with Crippen molar-refractivity contribution in [2.45, 2.75) is 78.9 Å². The molecule has 0 aromatic heterocycles. The summed E-state index contributed by atoms with van der Waals surface area (Å²) < 4.78 is 11.3. The standard InChI is InChI=1S/C19H37BrN2O4/c1-17(2,3)26-16(24)22-14-18(4,5)10-12-25-19(6,7)9-8-11-21-15(23)13-20/h8-14H2,1-7H3,(H,21,23)(H,22,24). The number of amides is 2. The van der Waals surface area contributed by atoms with Gasteiger partial charge in [0.15, 0.2) is 0 Å². The predicted octanol–water partition coefficient (Wildman–Crippen LogP) is 4.01. The maximum atomic E-state index is 11.8. The molecule has 0 unspecified atom stereocenters. The van der Waals surface area contributed by atoms with Crippen molar-refractivity contribution < 1.29 is 19.1 Å². The highest BCUT2D eigenvalue weighted by atomic mass is 79.9. The Morgan fingerprint density at radius 1 is 0.962 bits per heavy atom. The van der Waals surface area contributed by atoms with Crippen LogP contribution in [-0.2, 0) is 14.3 Å². The van der Waals surface area contributed by atoms with Crippen molar-refractivity contribution in [3.8, 4) is 0 Å².